The van der Waals surface area contributed by atoms with E-state index < -0.39 is 5.97 Å². The van der Waals surface area contributed by atoms with Crippen molar-refractivity contribution >= 4 is 39.9 Å². The van der Waals surface area contributed by atoms with Gasteiger partial charge in [-0.25, -0.2) is 0 Å². The highest BCUT2D eigenvalue weighted by Crippen LogP contribution is 2.51. The molecular weight excluding hydrogens is 458 g/mol. The van der Waals surface area contributed by atoms with E-state index in [2.05, 4.69) is 15.5 Å². The van der Waals surface area contributed by atoms with Crippen molar-refractivity contribution in [2.45, 2.75) is 38.0 Å². The summed E-state index contributed by atoms with van der Waals surface area (Å²) in [4.78, 5) is 23.8. The molecule has 1 amide bonds. The third-order valence-electron chi connectivity index (χ3n) is 6.90. The number of amides is 1. The van der Waals surface area contributed by atoms with Gasteiger partial charge in [0, 0.05) is 16.1 Å². The number of nitrogens with zero attached hydrogens (tertiary/aromatic N) is 2. The molecule has 2 fully saturated rings. The number of carbonyl (C=O) groups excluding carboxylic acids is 1. The second-order valence-corrected chi connectivity index (χ2v) is 10.4. The van der Waals surface area contributed by atoms with Gasteiger partial charge in [-0.05, 0) is 79.7 Å². The molecule has 2 N–H and O–H groups in total. The molecule has 1 heterocycles. The summed E-state index contributed by atoms with van der Waals surface area (Å²) in [5.41, 5.74) is 2.68. The maximum Gasteiger partial charge on any atom is 0.306 e. The van der Waals surface area contributed by atoms with E-state index in [1.165, 1.54) is 16.9 Å². The van der Waals surface area contributed by atoms with Gasteiger partial charge < -0.3 is 5.11 Å². The summed E-state index contributed by atoms with van der Waals surface area (Å²) < 4.78 is 0. The zero-order valence-electron chi connectivity index (χ0n) is 17.9. The summed E-state index contributed by atoms with van der Waals surface area (Å²) in [5, 5.41) is 22.0. The number of aromatic nitrogens is 2. The Morgan fingerprint density at radius 1 is 1.03 bits per heavy atom. The Bertz CT molecular complexity index is 1170. The molecule has 2 aliphatic carbocycles. The summed E-state index contributed by atoms with van der Waals surface area (Å²) in [5.74, 6) is 0.450. The smallest absolute Gasteiger partial charge is 0.306 e. The number of benzene rings is 2. The Hall–Kier alpha value is -2.77. The lowest BCUT2D eigenvalue weighted by Crippen LogP contribution is -2.17. The van der Waals surface area contributed by atoms with E-state index in [-0.39, 0.29) is 11.8 Å². The summed E-state index contributed by atoms with van der Waals surface area (Å²) >= 11 is 7.34. The Balaban J connectivity index is 1.16. The van der Waals surface area contributed by atoms with Crippen LogP contribution in [0, 0.1) is 17.8 Å². The van der Waals surface area contributed by atoms with Crippen LogP contribution in [0.4, 0.5) is 5.13 Å². The average molecular weight is 482 g/mol. The lowest BCUT2D eigenvalue weighted by molar-refractivity contribution is -0.139. The van der Waals surface area contributed by atoms with Crippen molar-refractivity contribution in [1.82, 2.24) is 10.2 Å². The molecule has 1 aromatic heterocycles. The van der Waals surface area contributed by atoms with Crippen LogP contribution in [0.2, 0.25) is 5.02 Å². The lowest BCUT2D eigenvalue weighted by atomic mass is 9.76. The maximum absolute atomic E-state index is 12.7. The molecule has 0 unspecified atom stereocenters. The minimum absolute atomic E-state index is 0.112. The van der Waals surface area contributed by atoms with Gasteiger partial charge >= 0.3 is 5.97 Å². The van der Waals surface area contributed by atoms with Crippen molar-refractivity contribution in [2.24, 2.45) is 17.8 Å². The van der Waals surface area contributed by atoms with Crippen LogP contribution in [0.25, 0.3) is 10.6 Å². The molecule has 0 saturated heterocycles. The van der Waals surface area contributed by atoms with Gasteiger partial charge in [-0.1, -0.05) is 47.2 Å². The Morgan fingerprint density at radius 3 is 2.45 bits per heavy atom. The highest BCUT2D eigenvalue weighted by Gasteiger charge is 2.48. The predicted molar refractivity (Wildman–Crippen MR) is 129 cm³/mol. The first-order chi connectivity index (χ1) is 16.0. The van der Waals surface area contributed by atoms with Crippen LogP contribution in [0.5, 0.6) is 0 Å². The third-order valence-corrected chi connectivity index (χ3v) is 8.02. The van der Waals surface area contributed by atoms with Gasteiger partial charge in [0.25, 0.3) is 5.91 Å². The normalized spacial score (nSPS) is 24.3. The monoisotopic (exact) mass is 481 g/mol. The summed E-state index contributed by atoms with van der Waals surface area (Å²) in [6.45, 7) is 0. The minimum Gasteiger partial charge on any atom is -0.481 e. The zero-order valence-corrected chi connectivity index (χ0v) is 19.5. The Labute approximate surface area is 201 Å². The first-order valence-electron chi connectivity index (χ1n) is 11.2. The number of hydrogen-bond acceptors (Lipinski definition) is 5. The second-order valence-electron chi connectivity index (χ2n) is 8.95. The lowest BCUT2D eigenvalue weighted by Gasteiger charge is -2.29. The van der Waals surface area contributed by atoms with E-state index >= 15 is 0 Å². The maximum atomic E-state index is 12.7. The van der Waals surface area contributed by atoms with E-state index in [0.717, 1.165) is 37.7 Å². The standard InChI is InChI=1S/C25H24ClN3O3S/c26-19-3-1-2-18(12-19)23-28-29-25(33-23)27-22(30)17-10-6-15(7-11-17)14-4-8-16(9-5-14)20-13-21(20)24(31)32/h1-3,6-7,10-12,14,16,20-21H,4-5,8-9,13H2,(H,31,32)(H,27,29,30)/t14-,16-,20-,21+/m1/s1. The van der Waals surface area contributed by atoms with Gasteiger partial charge in [0.05, 0.1) is 5.92 Å². The minimum atomic E-state index is -0.634. The van der Waals surface area contributed by atoms with Crippen LogP contribution >= 0.6 is 22.9 Å². The molecule has 2 atom stereocenters. The molecule has 0 aliphatic heterocycles. The SMILES string of the molecule is O=C(Nc1nnc(-c2cccc(Cl)c2)s1)c1ccc([C@H]2CC[C@H]([C@H]3C[C@@H]3C(=O)O)CC2)cc1. The molecule has 8 heteroatoms. The molecule has 5 rings (SSSR count). The number of carboxylic acids is 1. The quantitative estimate of drug-likeness (QED) is 0.443. The van der Waals surface area contributed by atoms with Crippen LogP contribution in [0.1, 0.15) is 53.9 Å². The predicted octanol–water partition coefficient (Wildman–Crippen LogP) is 6.11. The van der Waals surface area contributed by atoms with E-state index in [4.69, 9.17) is 16.7 Å². The van der Waals surface area contributed by atoms with Crippen LogP contribution in [-0.2, 0) is 4.79 Å². The number of hydrogen-bond donors (Lipinski definition) is 2. The molecule has 6 nitrogen and oxygen atoms in total. The molecule has 2 aliphatic rings. The molecule has 0 bridgehead atoms. The largest absolute Gasteiger partial charge is 0.481 e. The highest BCUT2D eigenvalue weighted by atomic mass is 35.5. The zero-order chi connectivity index (χ0) is 22.9. The molecule has 2 aromatic carbocycles. The molecule has 33 heavy (non-hydrogen) atoms. The first kappa shape index (κ1) is 22.0. The van der Waals surface area contributed by atoms with E-state index in [0.29, 0.717) is 38.5 Å². The summed E-state index contributed by atoms with van der Waals surface area (Å²) in [6.07, 6.45) is 5.19. The van der Waals surface area contributed by atoms with Gasteiger partial charge in [-0.15, -0.1) is 10.2 Å². The number of carboxylic acid groups (broad SMARTS) is 1. The summed E-state index contributed by atoms with van der Waals surface area (Å²) in [7, 11) is 0. The highest BCUT2D eigenvalue weighted by molar-refractivity contribution is 7.18. The van der Waals surface area contributed by atoms with Crippen molar-refractivity contribution in [3.05, 3.63) is 64.7 Å². The fraction of sp³-hybridized carbons (Fsp3) is 0.360. The molecule has 2 saturated carbocycles. The van der Waals surface area contributed by atoms with E-state index in [1.54, 1.807) is 6.07 Å². The van der Waals surface area contributed by atoms with Crippen molar-refractivity contribution in [3.8, 4) is 10.6 Å². The third kappa shape index (κ3) is 4.94. The van der Waals surface area contributed by atoms with Crippen LogP contribution in [0.15, 0.2) is 48.5 Å². The van der Waals surface area contributed by atoms with Crippen LogP contribution in [0.3, 0.4) is 0 Å². The number of anilines is 1. The van der Waals surface area contributed by atoms with Crippen LogP contribution < -0.4 is 5.32 Å². The molecule has 3 aromatic rings. The van der Waals surface area contributed by atoms with Gasteiger partial charge in [0.2, 0.25) is 5.13 Å². The van der Waals surface area contributed by atoms with Crippen molar-refractivity contribution in [1.29, 1.82) is 0 Å². The topological polar surface area (TPSA) is 92.2 Å². The van der Waals surface area contributed by atoms with Crippen molar-refractivity contribution in [3.63, 3.8) is 0 Å². The Kier molecular flexibility index (Phi) is 6.17. The van der Waals surface area contributed by atoms with Gasteiger partial charge in [0.1, 0.15) is 5.01 Å². The second kappa shape index (κ2) is 9.23. The Morgan fingerprint density at radius 2 is 1.79 bits per heavy atom. The van der Waals surface area contributed by atoms with Crippen molar-refractivity contribution < 1.29 is 14.7 Å². The first-order valence-corrected chi connectivity index (χ1v) is 12.4. The number of aliphatic carboxylic acids is 1. The van der Waals surface area contributed by atoms with Gasteiger partial charge in [-0.2, -0.15) is 0 Å². The van der Waals surface area contributed by atoms with E-state index in [9.17, 15) is 9.59 Å². The summed E-state index contributed by atoms with van der Waals surface area (Å²) in [6, 6.07) is 15.2. The average Bonchev–Trinajstić information content (AvgIpc) is 3.51. The molecule has 170 valence electrons. The number of nitrogens with one attached hydrogen (secondary N) is 1. The molecular formula is C25H24ClN3O3S. The number of rotatable bonds is 6. The number of halogens is 1. The fourth-order valence-corrected chi connectivity index (χ4v) is 5.91. The van der Waals surface area contributed by atoms with Crippen LogP contribution in [-0.4, -0.2) is 27.2 Å². The van der Waals surface area contributed by atoms with Crippen molar-refractivity contribution in [2.75, 3.05) is 5.32 Å². The molecule has 0 spiro atoms. The number of carbonyl (C=O) groups is 2. The van der Waals surface area contributed by atoms with Gasteiger partial charge in [0.15, 0.2) is 0 Å². The van der Waals surface area contributed by atoms with Gasteiger partial charge in [-0.3, -0.25) is 14.9 Å². The van der Waals surface area contributed by atoms with E-state index in [1.807, 2.05) is 42.5 Å². The molecule has 0 radical (unpaired) electrons. The fourth-order valence-electron chi connectivity index (χ4n) is 4.99.